The van der Waals surface area contributed by atoms with Crippen molar-refractivity contribution in [1.82, 2.24) is 0 Å². The van der Waals surface area contributed by atoms with Gasteiger partial charge in [0.2, 0.25) is 0 Å². The average molecular weight is 282 g/mol. The van der Waals surface area contributed by atoms with Gasteiger partial charge in [-0.2, -0.15) is 0 Å². The van der Waals surface area contributed by atoms with E-state index in [0.29, 0.717) is 0 Å². The van der Waals surface area contributed by atoms with Crippen LogP contribution in [0.5, 0.6) is 5.75 Å². The molecule has 0 unspecified atom stereocenters. The maximum Gasteiger partial charge on any atom is 0.522 e. The van der Waals surface area contributed by atoms with Crippen LogP contribution in [-0.4, -0.2) is 30.6 Å². The number of amidine groups is 1. The molecular formula is C10H10F4N2O3. The van der Waals surface area contributed by atoms with Crippen LogP contribution in [0.25, 0.3) is 0 Å². The van der Waals surface area contributed by atoms with Crippen molar-refractivity contribution in [2.45, 2.75) is 6.36 Å². The molecule has 0 radical (unpaired) electrons. The van der Waals surface area contributed by atoms with E-state index in [9.17, 15) is 17.6 Å². The summed E-state index contributed by atoms with van der Waals surface area (Å²) < 4.78 is 56.6. The third-order valence-electron chi connectivity index (χ3n) is 1.94. The Hall–Kier alpha value is -2.03. The van der Waals surface area contributed by atoms with E-state index >= 15 is 0 Å². The highest BCUT2D eigenvalue weighted by Crippen LogP contribution is 2.19. The normalized spacial score (nSPS) is 12.5. The maximum atomic E-state index is 13.4. The molecule has 3 N–H and O–H groups in total. The second-order valence-corrected chi connectivity index (χ2v) is 3.27. The third kappa shape index (κ3) is 5.00. The van der Waals surface area contributed by atoms with Gasteiger partial charge in [0, 0.05) is 5.56 Å². The lowest BCUT2D eigenvalue weighted by atomic mass is 10.2. The molecule has 0 aliphatic rings. The van der Waals surface area contributed by atoms with E-state index in [1.807, 2.05) is 0 Å². The van der Waals surface area contributed by atoms with Gasteiger partial charge in [-0.25, -0.2) is 4.39 Å². The molecule has 106 valence electrons. The van der Waals surface area contributed by atoms with Crippen molar-refractivity contribution >= 4 is 5.84 Å². The van der Waals surface area contributed by atoms with Crippen LogP contribution in [0.2, 0.25) is 0 Å². The molecule has 0 saturated heterocycles. The molecule has 0 heterocycles. The first-order chi connectivity index (χ1) is 8.83. The van der Waals surface area contributed by atoms with E-state index in [1.54, 1.807) is 0 Å². The minimum Gasteiger partial charge on any atom is -0.488 e. The Kier molecular flexibility index (Phi) is 4.93. The van der Waals surface area contributed by atoms with Crippen molar-refractivity contribution in [2.75, 3.05) is 13.2 Å². The number of oxime groups is 1. The van der Waals surface area contributed by atoms with Gasteiger partial charge in [0.25, 0.3) is 0 Å². The van der Waals surface area contributed by atoms with Gasteiger partial charge in [-0.1, -0.05) is 5.16 Å². The number of nitrogens with zero attached hydrogens (tertiary/aromatic N) is 1. The highest BCUT2D eigenvalue weighted by molar-refractivity contribution is 5.97. The zero-order valence-electron chi connectivity index (χ0n) is 9.45. The van der Waals surface area contributed by atoms with E-state index in [4.69, 9.17) is 15.7 Å². The van der Waals surface area contributed by atoms with Crippen molar-refractivity contribution in [3.05, 3.63) is 29.6 Å². The Morgan fingerprint density at radius 1 is 1.32 bits per heavy atom. The molecule has 1 aromatic rings. The Morgan fingerprint density at radius 2 is 2.00 bits per heavy atom. The number of hydrogen-bond donors (Lipinski definition) is 2. The highest BCUT2D eigenvalue weighted by Gasteiger charge is 2.28. The van der Waals surface area contributed by atoms with Crippen LogP contribution in [0, 0.1) is 5.82 Å². The summed E-state index contributed by atoms with van der Waals surface area (Å²) in [7, 11) is 0. The lowest BCUT2D eigenvalue weighted by Crippen LogP contribution is -2.18. The molecule has 1 rings (SSSR count). The number of hydrogen-bond acceptors (Lipinski definition) is 4. The number of ether oxygens (including phenoxy) is 2. The van der Waals surface area contributed by atoms with E-state index in [-0.39, 0.29) is 17.1 Å². The summed E-state index contributed by atoms with van der Waals surface area (Å²) in [5, 5.41) is 11.1. The molecule has 0 spiro atoms. The summed E-state index contributed by atoms with van der Waals surface area (Å²) >= 11 is 0. The number of rotatable bonds is 5. The quantitative estimate of drug-likeness (QED) is 0.216. The van der Waals surface area contributed by atoms with Crippen LogP contribution >= 0.6 is 0 Å². The van der Waals surface area contributed by atoms with Crippen LogP contribution in [0.4, 0.5) is 17.6 Å². The van der Waals surface area contributed by atoms with Crippen LogP contribution < -0.4 is 10.5 Å². The van der Waals surface area contributed by atoms with Gasteiger partial charge in [-0.05, 0) is 18.2 Å². The van der Waals surface area contributed by atoms with Crippen LogP contribution in [0.3, 0.4) is 0 Å². The van der Waals surface area contributed by atoms with Gasteiger partial charge in [0.1, 0.15) is 6.61 Å². The molecule has 19 heavy (non-hydrogen) atoms. The van der Waals surface area contributed by atoms with Crippen molar-refractivity contribution in [3.63, 3.8) is 0 Å². The molecule has 0 aromatic heterocycles. The molecule has 5 nitrogen and oxygen atoms in total. The molecule has 0 aliphatic heterocycles. The van der Waals surface area contributed by atoms with Gasteiger partial charge in [0.15, 0.2) is 17.4 Å². The zero-order chi connectivity index (χ0) is 14.5. The number of nitrogens with two attached hydrogens (primary N) is 1. The zero-order valence-corrected chi connectivity index (χ0v) is 9.45. The number of benzene rings is 1. The first-order valence-electron chi connectivity index (χ1n) is 4.94. The van der Waals surface area contributed by atoms with Crippen LogP contribution in [0.15, 0.2) is 23.4 Å². The van der Waals surface area contributed by atoms with Crippen LogP contribution in [-0.2, 0) is 4.74 Å². The first-order valence-corrected chi connectivity index (χ1v) is 4.94. The van der Waals surface area contributed by atoms with Gasteiger partial charge >= 0.3 is 6.36 Å². The van der Waals surface area contributed by atoms with Crippen molar-refractivity contribution in [2.24, 2.45) is 10.9 Å². The molecule has 0 saturated carbocycles. The monoisotopic (exact) mass is 282 g/mol. The summed E-state index contributed by atoms with van der Waals surface area (Å²) in [4.78, 5) is 0. The largest absolute Gasteiger partial charge is 0.522 e. The van der Waals surface area contributed by atoms with Gasteiger partial charge in [-0.3, -0.25) is 4.74 Å². The smallest absolute Gasteiger partial charge is 0.488 e. The summed E-state index contributed by atoms with van der Waals surface area (Å²) in [5.41, 5.74) is 5.34. The Bertz CT molecular complexity index is 463. The van der Waals surface area contributed by atoms with Crippen LogP contribution in [0.1, 0.15) is 5.56 Å². The molecule has 9 heteroatoms. The lowest BCUT2D eigenvalue weighted by Gasteiger charge is -2.10. The molecule has 0 atom stereocenters. The topological polar surface area (TPSA) is 77.1 Å². The SMILES string of the molecule is N/C(=N/O)c1ccc(OCCOC(F)(F)F)c(F)c1. The fraction of sp³-hybridized carbons (Fsp3) is 0.300. The second kappa shape index (κ2) is 6.23. The molecule has 0 amide bonds. The summed E-state index contributed by atoms with van der Waals surface area (Å²) in [6, 6.07) is 3.36. The second-order valence-electron chi connectivity index (χ2n) is 3.27. The summed E-state index contributed by atoms with van der Waals surface area (Å²) in [6.07, 6.45) is -4.75. The fourth-order valence-electron chi connectivity index (χ4n) is 1.14. The minimum atomic E-state index is -4.75. The van der Waals surface area contributed by atoms with E-state index < -0.39 is 25.4 Å². The van der Waals surface area contributed by atoms with E-state index in [2.05, 4.69) is 9.89 Å². The molecular weight excluding hydrogens is 272 g/mol. The third-order valence-corrected chi connectivity index (χ3v) is 1.94. The van der Waals surface area contributed by atoms with E-state index in [1.165, 1.54) is 6.07 Å². The summed E-state index contributed by atoms with van der Waals surface area (Å²) in [5.74, 6) is -1.41. The van der Waals surface area contributed by atoms with E-state index in [0.717, 1.165) is 12.1 Å². The van der Waals surface area contributed by atoms with Crippen molar-refractivity contribution in [1.29, 1.82) is 0 Å². The van der Waals surface area contributed by atoms with Gasteiger partial charge < -0.3 is 15.7 Å². The molecule has 0 aliphatic carbocycles. The fourth-order valence-corrected chi connectivity index (χ4v) is 1.14. The number of alkyl halides is 3. The van der Waals surface area contributed by atoms with Gasteiger partial charge in [0.05, 0.1) is 6.61 Å². The summed E-state index contributed by atoms with van der Waals surface area (Å²) in [6.45, 7) is -1.23. The predicted molar refractivity (Wildman–Crippen MR) is 56.4 cm³/mol. The standard InChI is InChI=1S/C10H10F4N2O3/c11-7-5-6(9(15)16-17)1-2-8(7)18-3-4-19-10(12,13)14/h1-2,5,17H,3-4H2,(H2,15,16). The Balaban J connectivity index is 2.56. The minimum absolute atomic E-state index is 0.110. The first kappa shape index (κ1) is 15.0. The Labute approximate surface area is 105 Å². The molecule has 0 fully saturated rings. The van der Waals surface area contributed by atoms with Crippen molar-refractivity contribution in [3.8, 4) is 5.75 Å². The predicted octanol–water partition coefficient (Wildman–Crippen LogP) is 1.84. The van der Waals surface area contributed by atoms with Gasteiger partial charge in [-0.15, -0.1) is 13.2 Å². The Morgan fingerprint density at radius 3 is 2.53 bits per heavy atom. The van der Waals surface area contributed by atoms with Crippen molar-refractivity contribution < 1.29 is 32.2 Å². The molecule has 0 bridgehead atoms. The highest BCUT2D eigenvalue weighted by atomic mass is 19.4. The number of halogens is 4. The maximum absolute atomic E-state index is 13.4. The molecule has 1 aromatic carbocycles. The lowest BCUT2D eigenvalue weighted by molar-refractivity contribution is -0.325. The average Bonchev–Trinajstić information content (AvgIpc) is 2.33.